The molecule has 2 heterocycles. The van der Waals surface area contributed by atoms with Crippen molar-refractivity contribution in [3.8, 4) is 16.9 Å². The van der Waals surface area contributed by atoms with Crippen LogP contribution in [-0.4, -0.2) is 45.7 Å². The maximum absolute atomic E-state index is 12.8. The number of esters is 1. The lowest BCUT2D eigenvalue weighted by Crippen LogP contribution is -2.27. The molecule has 236 valence electrons. The molecule has 0 aromatic heterocycles. The van der Waals surface area contributed by atoms with Crippen molar-refractivity contribution >= 4 is 23.6 Å². The number of nitrogens with zero attached hydrogens (tertiary/aromatic N) is 2. The van der Waals surface area contributed by atoms with Crippen molar-refractivity contribution in [2.24, 2.45) is 0 Å². The fourth-order valence-corrected chi connectivity index (χ4v) is 7.00. The highest BCUT2D eigenvalue weighted by Gasteiger charge is 2.29. The van der Waals surface area contributed by atoms with Gasteiger partial charge in [0.2, 0.25) is 0 Å². The van der Waals surface area contributed by atoms with Gasteiger partial charge in [0.1, 0.15) is 10.6 Å². The zero-order chi connectivity index (χ0) is 32.2. The van der Waals surface area contributed by atoms with Crippen molar-refractivity contribution < 1.29 is 24.3 Å². The Kier molecular flexibility index (Phi) is 10.8. The van der Waals surface area contributed by atoms with Crippen LogP contribution in [0.3, 0.4) is 0 Å². The monoisotopic (exact) mass is 620 g/mol. The van der Waals surface area contributed by atoms with Gasteiger partial charge in [0.15, 0.2) is 0 Å². The lowest BCUT2D eigenvalue weighted by Gasteiger charge is -2.33. The number of nitro groups is 1. The summed E-state index contributed by atoms with van der Waals surface area (Å²) in [6.07, 6.45) is 3.01. The molecule has 0 aliphatic carbocycles. The number of nitro benzene ring substituents is 1. The van der Waals surface area contributed by atoms with Gasteiger partial charge >= 0.3 is 5.97 Å². The second-order valence-electron chi connectivity index (χ2n) is 12.3. The van der Waals surface area contributed by atoms with Gasteiger partial charge in [-0.1, -0.05) is 18.2 Å². The molecule has 0 spiro atoms. The number of hydrogen-bond donors (Lipinski definition) is 1. The molecule has 2 aliphatic rings. The molecule has 0 atom stereocenters. The molecule has 0 amide bonds. The number of ether oxygens (including phenoxy) is 2. The Bertz CT molecular complexity index is 1540. The molecule has 1 N–H and O–H groups in total. The molecular weight excluding hydrogens is 576 g/mol. The number of rotatable bonds is 7. The molecule has 0 saturated carbocycles. The second kappa shape index (κ2) is 14.1. The number of benzene rings is 3. The summed E-state index contributed by atoms with van der Waals surface area (Å²) in [5.74, 6) is 0.735. The molecule has 0 radical (unpaired) electrons. The Morgan fingerprint density at radius 2 is 1.75 bits per heavy atom. The smallest absolute Gasteiger partial charge is 0.310 e. The Balaban J connectivity index is 0.000000818. The van der Waals surface area contributed by atoms with Gasteiger partial charge < -0.3 is 14.6 Å². The Hall–Kier alpha value is -3.40. The molecule has 0 fully saturated rings. The standard InChI is InChI=1S/C31H34N2O5S.C4H10O/c1-5-37-30(34)17-25-19(2)22-14-15-32(39-29-11-7-6-10-27(29)33(35)36)18-26(22)21(4)31(25)24-12-13-28-23(20(24)3)9-8-16-38-28;1-4(2,3)5/h6-7,10-13H,5,8-9,14-18H2,1-4H3;5H,1-3H3. The number of hydrogen-bond acceptors (Lipinski definition) is 8. The van der Waals surface area contributed by atoms with Crippen LogP contribution in [0.4, 0.5) is 5.69 Å². The van der Waals surface area contributed by atoms with Crippen molar-refractivity contribution in [3.63, 3.8) is 0 Å². The number of aliphatic hydroxyl groups is 1. The van der Waals surface area contributed by atoms with Crippen molar-refractivity contribution in [2.75, 3.05) is 19.8 Å². The SMILES string of the molecule is CC(C)(C)O.CCOC(=O)Cc1c(C)c2c(c(C)c1-c1ccc3c(c1C)CCCO3)CN(Sc1ccccc1[N+](=O)[O-])CC2. The molecule has 0 unspecified atom stereocenters. The summed E-state index contributed by atoms with van der Waals surface area (Å²) in [4.78, 5) is 24.7. The Morgan fingerprint density at radius 1 is 1.05 bits per heavy atom. The van der Waals surface area contributed by atoms with E-state index in [2.05, 4.69) is 37.2 Å². The molecule has 0 saturated heterocycles. The summed E-state index contributed by atoms with van der Waals surface area (Å²) < 4.78 is 13.5. The third-order valence-corrected chi connectivity index (χ3v) is 9.03. The van der Waals surface area contributed by atoms with E-state index in [1.807, 2.05) is 19.1 Å². The summed E-state index contributed by atoms with van der Waals surface area (Å²) >= 11 is 1.44. The fraction of sp³-hybridized carbons (Fsp3) is 0.457. The van der Waals surface area contributed by atoms with Crippen molar-refractivity contribution in [2.45, 2.75) is 91.2 Å². The van der Waals surface area contributed by atoms with Gasteiger partial charge in [-0.3, -0.25) is 14.9 Å². The molecule has 3 aromatic rings. The van der Waals surface area contributed by atoms with Crippen molar-refractivity contribution in [1.29, 1.82) is 0 Å². The van der Waals surface area contributed by atoms with E-state index >= 15 is 0 Å². The van der Waals surface area contributed by atoms with E-state index in [0.717, 1.165) is 66.0 Å². The van der Waals surface area contributed by atoms with Crippen LogP contribution in [0, 0.1) is 30.9 Å². The lowest BCUT2D eigenvalue weighted by atomic mass is 9.79. The first kappa shape index (κ1) is 33.5. The minimum Gasteiger partial charge on any atom is -0.493 e. The number of fused-ring (bicyclic) bond motifs is 2. The zero-order valence-corrected chi connectivity index (χ0v) is 27.7. The summed E-state index contributed by atoms with van der Waals surface area (Å²) in [6, 6.07) is 11.1. The Morgan fingerprint density at radius 3 is 2.43 bits per heavy atom. The number of para-hydroxylation sites is 1. The van der Waals surface area contributed by atoms with Crippen molar-refractivity contribution in [3.05, 3.63) is 85.5 Å². The fourth-order valence-electron chi connectivity index (χ4n) is 5.97. The van der Waals surface area contributed by atoms with Crippen LogP contribution >= 0.6 is 11.9 Å². The minimum atomic E-state index is -0.500. The van der Waals surface area contributed by atoms with E-state index in [0.29, 0.717) is 18.0 Å². The van der Waals surface area contributed by atoms with Gasteiger partial charge in [0.05, 0.1) is 30.2 Å². The maximum atomic E-state index is 12.8. The topological polar surface area (TPSA) is 102 Å². The molecule has 9 heteroatoms. The molecule has 44 heavy (non-hydrogen) atoms. The first-order valence-electron chi connectivity index (χ1n) is 15.2. The predicted octanol–water partition coefficient (Wildman–Crippen LogP) is 7.46. The van der Waals surface area contributed by atoms with Gasteiger partial charge in [-0.05, 0) is 142 Å². The van der Waals surface area contributed by atoms with E-state index in [9.17, 15) is 14.9 Å². The van der Waals surface area contributed by atoms with E-state index in [-0.39, 0.29) is 23.0 Å². The number of carbonyl (C=O) groups excluding carboxylic acids is 1. The Labute approximate surface area is 265 Å². The van der Waals surface area contributed by atoms with Gasteiger partial charge in [0.25, 0.3) is 5.69 Å². The van der Waals surface area contributed by atoms with E-state index in [1.165, 1.54) is 34.2 Å². The number of carbonyl (C=O) groups is 1. The summed E-state index contributed by atoms with van der Waals surface area (Å²) in [7, 11) is 0. The normalized spacial score (nSPS) is 14.5. The maximum Gasteiger partial charge on any atom is 0.310 e. The molecule has 3 aromatic carbocycles. The van der Waals surface area contributed by atoms with Crippen LogP contribution in [0.2, 0.25) is 0 Å². The summed E-state index contributed by atoms with van der Waals surface area (Å²) in [6.45, 7) is 16.0. The van der Waals surface area contributed by atoms with Gasteiger partial charge in [-0.25, -0.2) is 4.31 Å². The predicted molar refractivity (Wildman–Crippen MR) is 175 cm³/mol. The largest absolute Gasteiger partial charge is 0.493 e. The quantitative estimate of drug-likeness (QED) is 0.126. The highest BCUT2D eigenvalue weighted by Crippen LogP contribution is 2.43. The molecular formula is C35H44N2O6S. The minimum absolute atomic E-state index is 0.124. The van der Waals surface area contributed by atoms with Crippen LogP contribution in [0.1, 0.15) is 73.1 Å². The third kappa shape index (κ3) is 7.81. The van der Waals surface area contributed by atoms with Crippen LogP contribution in [0.15, 0.2) is 41.3 Å². The summed E-state index contributed by atoms with van der Waals surface area (Å²) in [5.41, 5.74) is 10.1. The van der Waals surface area contributed by atoms with E-state index in [4.69, 9.17) is 14.6 Å². The first-order valence-corrected chi connectivity index (χ1v) is 16.0. The van der Waals surface area contributed by atoms with Crippen LogP contribution in [0.25, 0.3) is 11.1 Å². The average Bonchev–Trinajstić information content (AvgIpc) is 2.96. The first-order chi connectivity index (χ1) is 20.8. The zero-order valence-electron chi connectivity index (χ0n) is 26.9. The average molecular weight is 621 g/mol. The van der Waals surface area contributed by atoms with E-state index < -0.39 is 5.60 Å². The summed E-state index contributed by atoms with van der Waals surface area (Å²) in [5, 5.41) is 20.1. The molecule has 2 aliphatic heterocycles. The highest BCUT2D eigenvalue weighted by atomic mass is 32.2. The van der Waals surface area contributed by atoms with Gasteiger partial charge in [-0.2, -0.15) is 0 Å². The van der Waals surface area contributed by atoms with Crippen LogP contribution in [0.5, 0.6) is 5.75 Å². The third-order valence-electron chi connectivity index (χ3n) is 7.91. The second-order valence-corrected chi connectivity index (χ2v) is 13.4. The highest BCUT2D eigenvalue weighted by molar-refractivity contribution is 7.97. The molecule has 5 rings (SSSR count). The van der Waals surface area contributed by atoms with Crippen LogP contribution < -0.4 is 4.74 Å². The lowest BCUT2D eigenvalue weighted by molar-refractivity contribution is -0.387. The van der Waals surface area contributed by atoms with E-state index in [1.54, 1.807) is 32.9 Å². The van der Waals surface area contributed by atoms with Gasteiger partial charge in [-0.15, -0.1) is 0 Å². The van der Waals surface area contributed by atoms with Crippen molar-refractivity contribution in [1.82, 2.24) is 4.31 Å². The van der Waals surface area contributed by atoms with Gasteiger partial charge in [0, 0.05) is 19.2 Å². The molecule has 0 bridgehead atoms. The molecule has 8 nitrogen and oxygen atoms in total. The van der Waals surface area contributed by atoms with Crippen LogP contribution in [-0.2, 0) is 35.3 Å².